The molecule has 1 unspecified atom stereocenters. The van der Waals surface area contributed by atoms with Gasteiger partial charge in [0.2, 0.25) is 0 Å². The average Bonchev–Trinajstić information content (AvgIpc) is 2.45. The highest BCUT2D eigenvalue weighted by Crippen LogP contribution is 2.24. The van der Waals surface area contributed by atoms with Crippen molar-refractivity contribution in [2.45, 2.75) is 45.1 Å². The quantitative estimate of drug-likeness (QED) is 0.810. The Morgan fingerprint density at radius 2 is 2.05 bits per heavy atom. The Hall–Kier alpha value is -1.30. The predicted octanol–water partition coefficient (Wildman–Crippen LogP) is 1.54. The summed E-state index contributed by atoms with van der Waals surface area (Å²) in [4.78, 5) is 2.24. The molecule has 1 heterocycles. The maximum absolute atomic E-state index is 10.1. The van der Waals surface area contributed by atoms with Gasteiger partial charge >= 0.3 is 7.48 Å². The third kappa shape index (κ3) is 3.91. The van der Waals surface area contributed by atoms with Crippen LogP contribution < -0.4 is 10.8 Å². The number of rotatable bonds is 5. The van der Waals surface area contributed by atoms with E-state index < -0.39 is 11.2 Å². The molecule has 4 nitrogen and oxygen atoms in total. The first-order chi connectivity index (χ1) is 10.2. The molecule has 0 spiro atoms. The van der Waals surface area contributed by atoms with Gasteiger partial charge in [-0.2, -0.15) is 0 Å². The second-order valence-electron chi connectivity index (χ2n) is 6.89. The zero-order valence-corrected chi connectivity index (χ0v) is 14.1. The fourth-order valence-corrected chi connectivity index (χ4v) is 2.12. The summed E-state index contributed by atoms with van der Waals surface area (Å²) in [5.41, 5.74) is 0.590. The number of benzene rings is 1. The minimum Gasteiger partial charge on any atom is -0.427 e. The highest BCUT2D eigenvalue weighted by atomic mass is 16.5. The number of hydrogen-bond acceptors (Lipinski definition) is 4. The van der Waals surface area contributed by atoms with Crippen LogP contribution in [0.15, 0.2) is 36.5 Å². The molecule has 0 amide bonds. The molecule has 1 aromatic carbocycles. The van der Waals surface area contributed by atoms with Gasteiger partial charge in [-0.1, -0.05) is 35.8 Å². The van der Waals surface area contributed by atoms with E-state index in [9.17, 15) is 5.11 Å². The lowest BCUT2D eigenvalue weighted by molar-refractivity contribution is -0.0893. The Kier molecular flexibility index (Phi) is 5.00. The third-order valence-corrected chi connectivity index (χ3v) is 4.40. The highest BCUT2D eigenvalue weighted by Gasteiger charge is 2.35. The lowest BCUT2D eigenvalue weighted by Gasteiger charge is -2.37. The minimum absolute atomic E-state index is 0.167. The molecule has 119 valence electrons. The normalized spacial score (nSPS) is 19.8. The summed E-state index contributed by atoms with van der Waals surface area (Å²) in [6, 6.07) is 8.23. The van der Waals surface area contributed by atoms with Crippen molar-refractivity contribution in [2.24, 2.45) is 0 Å². The lowest BCUT2D eigenvalue weighted by atomic mass is 9.82. The van der Waals surface area contributed by atoms with Gasteiger partial charge in [-0.15, -0.1) is 0 Å². The second kappa shape index (κ2) is 6.45. The number of hydrogen-bond donors (Lipinski definition) is 2. The average molecular weight is 301 g/mol. The van der Waals surface area contributed by atoms with E-state index in [0.29, 0.717) is 0 Å². The Bertz CT molecular complexity index is 538. The van der Waals surface area contributed by atoms with E-state index in [-0.39, 0.29) is 6.17 Å². The molecule has 2 rings (SSSR count). The van der Waals surface area contributed by atoms with Gasteiger partial charge in [0.15, 0.2) is 0 Å². The Morgan fingerprint density at radius 3 is 2.68 bits per heavy atom. The largest absolute Gasteiger partial charge is 0.427 e. The summed E-state index contributed by atoms with van der Waals surface area (Å²) >= 11 is 0. The van der Waals surface area contributed by atoms with E-state index in [1.165, 1.54) is 5.56 Å². The van der Waals surface area contributed by atoms with Crippen LogP contribution in [0.3, 0.4) is 0 Å². The van der Waals surface area contributed by atoms with Crippen molar-refractivity contribution in [3.63, 3.8) is 0 Å². The van der Waals surface area contributed by atoms with Gasteiger partial charge in [0, 0.05) is 6.54 Å². The molecule has 1 radical (unpaired) electrons. The van der Waals surface area contributed by atoms with Crippen LogP contribution in [-0.2, 0) is 4.65 Å². The van der Waals surface area contributed by atoms with Crippen LogP contribution in [0.4, 0.5) is 0 Å². The molecule has 0 bridgehead atoms. The molecule has 0 fully saturated rings. The standard InChI is InChI=1S/C17H26BN2O2/c1-16(2,21)17(3,4)22-18-14-9-6-8-13(12-14)15-19-10-7-11-20(15)5/h6-10,12,15,19,21H,11H2,1-5H3. The van der Waals surface area contributed by atoms with Crippen molar-refractivity contribution in [2.75, 3.05) is 13.6 Å². The van der Waals surface area contributed by atoms with E-state index in [1.54, 1.807) is 21.3 Å². The Balaban J connectivity index is 2.08. The summed E-state index contributed by atoms with van der Waals surface area (Å²) in [7, 11) is 3.81. The molecule has 1 aliphatic rings. The van der Waals surface area contributed by atoms with E-state index in [1.807, 2.05) is 32.2 Å². The van der Waals surface area contributed by atoms with Gasteiger partial charge in [-0.25, -0.2) is 0 Å². The Labute approximate surface area is 134 Å². The number of nitrogens with one attached hydrogen (secondary N) is 1. The molecule has 22 heavy (non-hydrogen) atoms. The second-order valence-corrected chi connectivity index (χ2v) is 6.89. The maximum atomic E-state index is 10.1. The van der Waals surface area contributed by atoms with Crippen LogP contribution in [0.1, 0.15) is 39.4 Å². The molecule has 2 N–H and O–H groups in total. The molecule has 1 aliphatic heterocycles. The van der Waals surface area contributed by atoms with E-state index >= 15 is 0 Å². The third-order valence-electron chi connectivity index (χ3n) is 4.40. The predicted molar refractivity (Wildman–Crippen MR) is 90.9 cm³/mol. The van der Waals surface area contributed by atoms with E-state index in [4.69, 9.17) is 4.65 Å². The number of aliphatic hydroxyl groups is 1. The Morgan fingerprint density at radius 1 is 1.32 bits per heavy atom. The summed E-state index contributed by atoms with van der Waals surface area (Å²) in [5.74, 6) is 0. The summed E-state index contributed by atoms with van der Waals surface area (Å²) in [6.07, 6.45) is 4.26. The first kappa shape index (κ1) is 17.1. The zero-order chi connectivity index (χ0) is 16.4. The van der Waals surface area contributed by atoms with Crippen molar-refractivity contribution in [3.05, 3.63) is 42.1 Å². The van der Waals surface area contributed by atoms with Gasteiger partial charge in [-0.05, 0) is 46.5 Å². The molecule has 0 saturated heterocycles. The smallest absolute Gasteiger partial charge is 0.330 e. The number of likely N-dealkylation sites (N-methyl/N-ethyl adjacent to an activating group) is 1. The first-order valence-corrected chi connectivity index (χ1v) is 7.65. The molecule has 5 heteroatoms. The SMILES string of the molecule is CN1CC=CNC1c1cccc([B]OC(C)(C)C(C)(C)O)c1. The van der Waals surface area contributed by atoms with Crippen LogP contribution >= 0.6 is 0 Å². The fraction of sp³-hybridized carbons (Fsp3) is 0.529. The van der Waals surface area contributed by atoms with E-state index in [0.717, 1.165) is 12.0 Å². The fourth-order valence-electron chi connectivity index (χ4n) is 2.12. The minimum atomic E-state index is -0.920. The van der Waals surface area contributed by atoms with Gasteiger partial charge in [0.1, 0.15) is 6.17 Å². The van der Waals surface area contributed by atoms with Crippen LogP contribution in [0, 0.1) is 0 Å². The van der Waals surface area contributed by atoms with Crippen LogP contribution in [0.5, 0.6) is 0 Å². The monoisotopic (exact) mass is 301 g/mol. The van der Waals surface area contributed by atoms with Crippen LogP contribution in [0.25, 0.3) is 0 Å². The summed E-state index contributed by atoms with van der Waals surface area (Å²) < 4.78 is 5.83. The topological polar surface area (TPSA) is 44.7 Å². The highest BCUT2D eigenvalue weighted by molar-refractivity contribution is 6.47. The zero-order valence-electron chi connectivity index (χ0n) is 14.1. The molecular weight excluding hydrogens is 275 g/mol. The summed E-state index contributed by atoms with van der Waals surface area (Å²) in [5, 5.41) is 13.5. The molecular formula is C17H26BN2O2. The van der Waals surface area contributed by atoms with Crippen LogP contribution in [0.2, 0.25) is 0 Å². The van der Waals surface area contributed by atoms with E-state index in [2.05, 4.69) is 35.5 Å². The van der Waals surface area contributed by atoms with Gasteiger partial charge in [-0.3, -0.25) is 4.90 Å². The van der Waals surface area contributed by atoms with Gasteiger partial charge in [0.05, 0.1) is 11.2 Å². The first-order valence-electron chi connectivity index (χ1n) is 7.65. The molecule has 0 aliphatic carbocycles. The van der Waals surface area contributed by atoms with Crippen LogP contribution in [-0.4, -0.2) is 42.3 Å². The van der Waals surface area contributed by atoms with Crippen molar-refractivity contribution in [1.82, 2.24) is 10.2 Å². The van der Waals surface area contributed by atoms with Crippen molar-refractivity contribution in [1.29, 1.82) is 0 Å². The van der Waals surface area contributed by atoms with Gasteiger partial charge in [0.25, 0.3) is 0 Å². The van der Waals surface area contributed by atoms with Gasteiger partial charge < -0.3 is 15.1 Å². The molecule has 1 aromatic rings. The summed E-state index contributed by atoms with van der Waals surface area (Å²) in [6.45, 7) is 8.20. The molecule has 0 saturated carbocycles. The molecule has 1 atom stereocenters. The lowest BCUT2D eigenvalue weighted by Crippen LogP contribution is -2.49. The molecule has 0 aromatic heterocycles. The maximum Gasteiger partial charge on any atom is 0.330 e. The number of nitrogens with zero attached hydrogens (tertiary/aromatic N) is 1. The van der Waals surface area contributed by atoms with Crippen molar-refractivity contribution in [3.8, 4) is 0 Å². The van der Waals surface area contributed by atoms with Crippen molar-refractivity contribution >= 4 is 12.9 Å². The van der Waals surface area contributed by atoms with Crippen molar-refractivity contribution < 1.29 is 9.76 Å².